The molecule has 1 aromatic heterocycles. The molecule has 0 fully saturated rings. The maximum atomic E-state index is 10.4. The van der Waals surface area contributed by atoms with Crippen molar-refractivity contribution in [2.45, 2.75) is 13.0 Å². The minimum atomic E-state index is -0.871. The summed E-state index contributed by atoms with van der Waals surface area (Å²) < 4.78 is 2.36. The summed E-state index contributed by atoms with van der Waals surface area (Å²) in [7, 11) is 0. The van der Waals surface area contributed by atoms with Crippen LogP contribution in [0.3, 0.4) is 0 Å². The van der Waals surface area contributed by atoms with Crippen LogP contribution in [0, 0.1) is 3.57 Å². The molecular formula is C6H7IN2O2. The molecule has 1 rings (SSSR count). The smallest absolute Gasteiger partial charge is 0.328 e. The van der Waals surface area contributed by atoms with Crippen molar-refractivity contribution in [3.8, 4) is 0 Å². The molecule has 0 spiro atoms. The van der Waals surface area contributed by atoms with Gasteiger partial charge in [-0.2, -0.15) is 5.10 Å². The summed E-state index contributed by atoms with van der Waals surface area (Å²) >= 11 is 2.08. The van der Waals surface area contributed by atoms with Crippen LogP contribution in [-0.2, 0) is 4.79 Å². The van der Waals surface area contributed by atoms with Crippen molar-refractivity contribution in [3.05, 3.63) is 16.0 Å². The van der Waals surface area contributed by atoms with Crippen molar-refractivity contribution in [1.29, 1.82) is 0 Å². The highest BCUT2D eigenvalue weighted by atomic mass is 127. The molecule has 1 atom stereocenters. The van der Waals surface area contributed by atoms with Crippen molar-refractivity contribution < 1.29 is 9.90 Å². The Morgan fingerprint density at radius 1 is 1.91 bits per heavy atom. The first kappa shape index (κ1) is 8.51. The Kier molecular flexibility index (Phi) is 2.48. The van der Waals surface area contributed by atoms with Gasteiger partial charge in [0.2, 0.25) is 0 Å². The summed E-state index contributed by atoms with van der Waals surface area (Å²) in [5.41, 5.74) is 0. The summed E-state index contributed by atoms with van der Waals surface area (Å²) in [5.74, 6) is -0.871. The molecule has 0 radical (unpaired) electrons. The number of carboxylic acids is 1. The zero-order chi connectivity index (χ0) is 8.43. The van der Waals surface area contributed by atoms with E-state index in [1.807, 2.05) is 0 Å². The van der Waals surface area contributed by atoms with Gasteiger partial charge in [-0.1, -0.05) is 0 Å². The van der Waals surface area contributed by atoms with E-state index in [1.165, 1.54) is 4.68 Å². The van der Waals surface area contributed by atoms with Gasteiger partial charge in [0.25, 0.3) is 0 Å². The van der Waals surface area contributed by atoms with Gasteiger partial charge in [0.1, 0.15) is 6.04 Å². The molecule has 0 saturated heterocycles. The molecule has 0 aromatic carbocycles. The predicted octanol–water partition coefficient (Wildman–Crippen LogP) is 1.13. The third-order valence-corrected chi connectivity index (χ3v) is 1.88. The van der Waals surface area contributed by atoms with Crippen LogP contribution < -0.4 is 0 Å². The van der Waals surface area contributed by atoms with E-state index in [0.29, 0.717) is 0 Å². The van der Waals surface area contributed by atoms with E-state index in [2.05, 4.69) is 27.7 Å². The van der Waals surface area contributed by atoms with Gasteiger partial charge in [-0.25, -0.2) is 4.79 Å². The second-order valence-electron chi connectivity index (χ2n) is 2.15. The Labute approximate surface area is 77.4 Å². The molecule has 0 amide bonds. The fourth-order valence-electron chi connectivity index (χ4n) is 0.640. The summed E-state index contributed by atoms with van der Waals surface area (Å²) in [5, 5.41) is 12.4. The number of hydrogen-bond acceptors (Lipinski definition) is 2. The largest absolute Gasteiger partial charge is 0.480 e. The van der Waals surface area contributed by atoms with E-state index in [9.17, 15) is 4.79 Å². The van der Waals surface area contributed by atoms with Gasteiger partial charge in [0.05, 0.1) is 9.77 Å². The Morgan fingerprint density at radius 2 is 2.55 bits per heavy atom. The molecule has 1 N–H and O–H groups in total. The van der Waals surface area contributed by atoms with E-state index in [1.54, 1.807) is 19.3 Å². The normalized spacial score (nSPS) is 12.9. The van der Waals surface area contributed by atoms with Gasteiger partial charge in [-0.15, -0.1) is 0 Å². The summed E-state index contributed by atoms with van der Waals surface area (Å²) in [6, 6.07) is -0.585. The molecule has 0 aliphatic heterocycles. The number of carbonyl (C=O) groups is 1. The fraction of sp³-hybridized carbons (Fsp3) is 0.333. The number of nitrogens with zero attached hydrogens (tertiary/aromatic N) is 2. The predicted molar refractivity (Wildman–Crippen MR) is 47.3 cm³/mol. The van der Waals surface area contributed by atoms with Gasteiger partial charge in [-0.05, 0) is 29.5 Å². The molecule has 0 saturated carbocycles. The quantitative estimate of drug-likeness (QED) is 0.816. The van der Waals surface area contributed by atoms with Crippen molar-refractivity contribution in [2.75, 3.05) is 0 Å². The topological polar surface area (TPSA) is 55.1 Å². The van der Waals surface area contributed by atoms with E-state index in [-0.39, 0.29) is 0 Å². The Balaban J connectivity index is 2.84. The van der Waals surface area contributed by atoms with Crippen molar-refractivity contribution in [2.24, 2.45) is 0 Å². The van der Waals surface area contributed by atoms with E-state index < -0.39 is 12.0 Å². The Bertz CT molecular complexity index is 271. The van der Waals surface area contributed by atoms with Crippen molar-refractivity contribution in [1.82, 2.24) is 9.78 Å². The lowest BCUT2D eigenvalue weighted by atomic mass is 10.4. The van der Waals surface area contributed by atoms with Crippen LogP contribution >= 0.6 is 22.6 Å². The number of halogens is 1. The molecule has 4 nitrogen and oxygen atoms in total. The van der Waals surface area contributed by atoms with Crippen LogP contribution in [0.5, 0.6) is 0 Å². The average Bonchev–Trinajstić information content (AvgIpc) is 2.34. The molecule has 0 aliphatic rings. The second-order valence-corrected chi connectivity index (χ2v) is 3.40. The standard InChI is InChI=1S/C6H7IN2O2/c1-4(6(10)11)9-3-5(7)2-8-9/h2-4H,1H3,(H,10,11)/t4-/m0/s1. The molecule has 0 aliphatic carbocycles. The molecule has 60 valence electrons. The summed E-state index contributed by atoms with van der Waals surface area (Å²) in [4.78, 5) is 10.4. The minimum Gasteiger partial charge on any atom is -0.480 e. The lowest BCUT2D eigenvalue weighted by Gasteiger charge is -2.04. The van der Waals surface area contributed by atoms with E-state index >= 15 is 0 Å². The monoisotopic (exact) mass is 266 g/mol. The summed E-state index contributed by atoms with van der Waals surface area (Å²) in [6.07, 6.45) is 3.32. The second kappa shape index (κ2) is 3.21. The van der Waals surface area contributed by atoms with Crippen molar-refractivity contribution >= 4 is 28.6 Å². The number of rotatable bonds is 2. The van der Waals surface area contributed by atoms with Gasteiger partial charge in [0, 0.05) is 6.20 Å². The zero-order valence-electron chi connectivity index (χ0n) is 5.86. The highest BCUT2D eigenvalue weighted by molar-refractivity contribution is 14.1. The highest BCUT2D eigenvalue weighted by Gasteiger charge is 2.12. The number of aliphatic carboxylic acids is 1. The maximum absolute atomic E-state index is 10.4. The van der Waals surface area contributed by atoms with E-state index in [0.717, 1.165) is 3.57 Å². The van der Waals surface area contributed by atoms with Crippen LogP contribution in [0.25, 0.3) is 0 Å². The number of aromatic nitrogens is 2. The molecule has 0 bridgehead atoms. The molecule has 1 heterocycles. The number of hydrogen-bond donors (Lipinski definition) is 1. The zero-order valence-corrected chi connectivity index (χ0v) is 8.02. The summed E-state index contributed by atoms with van der Waals surface area (Å²) in [6.45, 7) is 1.59. The fourth-order valence-corrected chi connectivity index (χ4v) is 1.05. The molecule has 11 heavy (non-hydrogen) atoms. The lowest BCUT2D eigenvalue weighted by molar-refractivity contribution is -0.140. The molecular weight excluding hydrogens is 259 g/mol. The third-order valence-electron chi connectivity index (χ3n) is 1.32. The lowest BCUT2D eigenvalue weighted by Crippen LogP contribution is -2.15. The third kappa shape index (κ3) is 1.92. The maximum Gasteiger partial charge on any atom is 0.328 e. The van der Waals surface area contributed by atoms with Crippen LogP contribution in [0.4, 0.5) is 0 Å². The average molecular weight is 266 g/mol. The van der Waals surface area contributed by atoms with Crippen LogP contribution in [0.15, 0.2) is 12.4 Å². The highest BCUT2D eigenvalue weighted by Crippen LogP contribution is 2.07. The first-order chi connectivity index (χ1) is 5.11. The van der Waals surface area contributed by atoms with E-state index in [4.69, 9.17) is 5.11 Å². The molecule has 5 heteroatoms. The van der Waals surface area contributed by atoms with Crippen LogP contribution in [0.2, 0.25) is 0 Å². The first-order valence-electron chi connectivity index (χ1n) is 3.03. The molecule has 1 aromatic rings. The Hall–Kier alpha value is -0.590. The minimum absolute atomic E-state index is 0.585. The molecule has 0 unspecified atom stereocenters. The van der Waals surface area contributed by atoms with Gasteiger partial charge in [0.15, 0.2) is 0 Å². The SMILES string of the molecule is C[C@@H](C(=O)O)n1cc(I)cn1. The van der Waals surface area contributed by atoms with Gasteiger partial charge >= 0.3 is 5.97 Å². The van der Waals surface area contributed by atoms with Gasteiger partial charge in [-0.3, -0.25) is 4.68 Å². The first-order valence-corrected chi connectivity index (χ1v) is 4.11. The van der Waals surface area contributed by atoms with Gasteiger partial charge < -0.3 is 5.11 Å². The van der Waals surface area contributed by atoms with Crippen LogP contribution in [-0.4, -0.2) is 20.9 Å². The van der Waals surface area contributed by atoms with Crippen LogP contribution in [0.1, 0.15) is 13.0 Å². The number of carboxylic acid groups (broad SMARTS) is 1. The Morgan fingerprint density at radius 3 is 2.91 bits per heavy atom. The van der Waals surface area contributed by atoms with Crippen molar-refractivity contribution in [3.63, 3.8) is 0 Å².